The topological polar surface area (TPSA) is 37.3 Å². The molecular weight excluding hydrogens is 332 g/mol. The van der Waals surface area contributed by atoms with Crippen molar-refractivity contribution in [3.05, 3.63) is 70.3 Å². The third-order valence-electron chi connectivity index (χ3n) is 6.72. The maximum Gasteiger partial charge on any atom is 0.335 e. The Bertz CT molecular complexity index is 868. The largest absolute Gasteiger partial charge is 0.478 e. The summed E-state index contributed by atoms with van der Waals surface area (Å²) in [6, 6.07) is 14.1. The quantitative estimate of drug-likeness (QED) is 0.644. The van der Waals surface area contributed by atoms with E-state index < -0.39 is 5.97 Å². The van der Waals surface area contributed by atoms with Gasteiger partial charge in [0.25, 0.3) is 0 Å². The standard InChI is InChI=1S/C25H28O2/c1-18(16-19-4-6-21(7-5-19)24(26)27)22-9-8-20-10-14-25(12-2-3-13-25)15-11-23(20)17-22/h4-9,16-17H,2-3,10-15H2,1H3,(H,26,27). The lowest BCUT2D eigenvalue weighted by Gasteiger charge is -2.26. The van der Waals surface area contributed by atoms with Crippen LogP contribution in [0, 0.1) is 5.41 Å². The molecule has 2 aliphatic carbocycles. The first-order valence-corrected chi connectivity index (χ1v) is 10.2. The van der Waals surface area contributed by atoms with E-state index in [9.17, 15) is 4.79 Å². The van der Waals surface area contributed by atoms with Crippen LogP contribution in [-0.4, -0.2) is 11.1 Å². The van der Waals surface area contributed by atoms with Crippen molar-refractivity contribution in [1.29, 1.82) is 0 Å². The van der Waals surface area contributed by atoms with Crippen LogP contribution in [-0.2, 0) is 12.8 Å². The molecule has 140 valence electrons. The van der Waals surface area contributed by atoms with Crippen LogP contribution in [0.1, 0.15) is 78.1 Å². The second-order valence-electron chi connectivity index (χ2n) is 8.45. The van der Waals surface area contributed by atoms with Gasteiger partial charge < -0.3 is 5.11 Å². The number of carboxylic acids is 1. The maximum atomic E-state index is 11.0. The zero-order chi connectivity index (χ0) is 18.9. The first kappa shape index (κ1) is 18.0. The van der Waals surface area contributed by atoms with Crippen LogP contribution in [0.25, 0.3) is 11.6 Å². The third-order valence-corrected chi connectivity index (χ3v) is 6.72. The van der Waals surface area contributed by atoms with Gasteiger partial charge in [0.1, 0.15) is 0 Å². The summed E-state index contributed by atoms with van der Waals surface area (Å²) in [6.07, 6.45) is 13.0. The summed E-state index contributed by atoms with van der Waals surface area (Å²) in [5.41, 5.74) is 7.56. The fraction of sp³-hybridized carbons (Fsp3) is 0.400. The smallest absolute Gasteiger partial charge is 0.335 e. The van der Waals surface area contributed by atoms with Crippen molar-refractivity contribution in [3.63, 3.8) is 0 Å². The third kappa shape index (κ3) is 3.85. The van der Waals surface area contributed by atoms with Gasteiger partial charge in [-0.1, -0.05) is 49.2 Å². The lowest BCUT2D eigenvalue weighted by atomic mass is 9.79. The normalized spacial score (nSPS) is 18.9. The highest BCUT2D eigenvalue weighted by Crippen LogP contribution is 2.47. The Kier molecular flexibility index (Phi) is 4.90. The van der Waals surface area contributed by atoms with Crippen LogP contribution >= 0.6 is 0 Å². The average Bonchev–Trinajstić information content (AvgIpc) is 3.06. The van der Waals surface area contributed by atoms with Crippen LogP contribution in [0.4, 0.5) is 0 Å². The van der Waals surface area contributed by atoms with E-state index in [1.165, 1.54) is 68.1 Å². The number of aryl methyl sites for hydroxylation is 2. The number of aromatic carboxylic acids is 1. The molecule has 0 bridgehead atoms. The molecule has 1 spiro atoms. The molecule has 2 aromatic carbocycles. The molecule has 0 radical (unpaired) electrons. The Morgan fingerprint density at radius 3 is 2.19 bits per heavy atom. The highest BCUT2D eigenvalue weighted by Gasteiger charge is 2.34. The summed E-state index contributed by atoms with van der Waals surface area (Å²) in [4.78, 5) is 11.0. The molecule has 0 atom stereocenters. The van der Waals surface area contributed by atoms with Gasteiger partial charge in [-0.05, 0) is 90.8 Å². The number of carboxylic acid groups (broad SMARTS) is 1. The summed E-state index contributed by atoms with van der Waals surface area (Å²) in [6.45, 7) is 2.14. The van der Waals surface area contributed by atoms with Crippen LogP contribution in [0.15, 0.2) is 42.5 Å². The summed E-state index contributed by atoms with van der Waals surface area (Å²) in [7, 11) is 0. The van der Waals surface area contributed by atoms with E-state index in [0.29, 0.717) is 11.0 Å². The zero-order valence-electron chi connectivity index (χ0n) is 16.1. The minimum absolute atomic E-state index is 0.329. The monoisotopic (exact) mass is 360 g/mol. The van der Waals surface area contributed by atoms with Gasteiger partial charge >= 0.3 is 5.97 Å². The SMILES string of the molecule is CC(=Cc1ccc(C(=O)O)cc1)c1ccc2c(c1)CCC1(CCCC1)CC2. The number of allylic oxidation sites excluding steroid dienone is 1. The molecule has 27 heavy (non-hydrogen) atoms. The van der Waals surface area contributed by atoms with Crippen molar-refractivity contribution < 1.29 is 9.90 Å². The summed E-state index contributed by atoms with van der Waals surface area (Å²) in [5.74, 6) is -0.881. The van der Waals surface area contributed by atoms with Gasteiger partial charge in [-0.25, -0.2) is 4.79 Å². The molecule has 0 amide bonds. The van der Waals surface area contributed by atoms with Crippen LogP contribution in [0.5, 0.6) is 0 Å². The minimum Gasteiger partial charge on any atom is -0.478 e. The predicted octanol–water partition coefficient (Wildman–Crippen LogP) is 6.38. The lowest BCUT2D eigenvalue weighted by molar-refractivity contribution is 0.0697. The number of hydrogen-bond acceptors (Lipinski definition) is 1. The van der Waals surface area contributed by atoms with Crippen LogP contribution < -0.4 is 0 Å². The highest BCUT2D eigenvalue weighted by molar-refractivity contribution is 5.88. The van der Waals surface area contributed by atoms with Crippen molar-refractivity contribution >= 4 is 17.6 Å². The van der Waals surface area contributed by atoms with E-state index in [1.807, 2.05) is 12.1 Å². The fourth-order valence-electron chi connectivity index (χ4n) is 4.95. The molecule has 2 heteroatoms. The Morgan fingerprint density at radius 1 is 0.889 bits per heavy atom. The van der Waals surface area contributed by atoms with Crippen molar-refractivity contribution in [2.75, 3.05) is 0 Å². The Hall–Kier alpha value is -2.35. The molecule has 1 N–H and O–H groups in total. The molecule has 0 heterocycles. The Morgan fingerprint density at radius 2 is 1.52 bits per heavy atom. The first-order chi connectivity index (χ1) is 13.0. The van der Waals surface area contributed by atoms with Crippen molar-refractivity contribution in [1.82, 2.24) is 0 Å². The van der Waals surface area contributed by atoms with E-state index in [-0.39, 0.29) is 0 Å². The molecule has 1 saturated carbocycles. The van der Waals surface area contributed by atoms with Crippen molar-refractivity contribution in [3.8, 4) is 0 Å². The van der Waals surface area contributed by atoms with Crippen LogP contribution in [0.2, 0.25) is 0 Å². The van der Waals surface area contributed by atoms with Crippen molar-refractivity contribution in [2.24, 2.45) is 5.41 Å². The molecule has 2 aliphatic rings. The minimum atomic E-state index is -0.881. The highest BCUT2D eigenvalue weighted by atomic mass is 16.4. The Labute approximate surface area is 161 Å². The first-order valence-electron chi connectivity index (χ1n) is 10.2. The molecule has 2 nitrogen and oxygen atoms in total. The van der Waals surface area contributed by atoms with Gasteiger partial charge in [-0.2, -0.15) is 0 Å². The summed E-state index contributed by atoms with van der Waals surface area (Å²) < 4.78 is 0. The van der Waals surface area contributed by atoms with E-state index in [0.717, 1.165) is 5.56 Å². The zero-order valence-corrected chi connectivity index (χ0v) is 16.1. The Balaban J connectivity index is 1.55. The molecule has 0 unspecified atom stereocenters. The van der Waals surface area contributed by atoms with E-state index in [2.05, 4.69) is 31.2 Å². The van der Waals surface area contributed by atoms with Gasteiger partial charge in [0.05, 0.1) is 5.56 Å². The van der Waals surface area contributed by atoms with Crippen LogP contribution in [0.3, 0.4) is 0 Å². The van der Waals surface area contributed by atoms with Gasteiger partial charge in [0, 0.05) is 0 Å². The molecule has 0 saturated heterocycles. The van der Waals surface area contributed by atoms with Gasteiger partial charge in [0.2, 0.25) is 0 Å². The van der Waals surface area contributed by atoms with Gasteiger partial charge in [-0.15, -0.1) is 0 Å². The number of rotatable bonds is 3. The van der Waals surface area contributed by atoms with Crippen molar-refractivity contribution in [2.45, 2.75) is 58.3 Å². The molecule has 0 aromatic heterocycles. The summed E-state index contributed by atoms with van der Waals surface area (Å²) in [5, 5.41) is 9.03. The maximum absolute atomic E-state index is 11.0. The molecule has 0 aliphatic heterocycles. The number of hydrogen-bond donors (Lipinski definition) is 1. The van der Waals surface area contributed by atoms with Gasteiger partial charge in [-0.3, -0.25) is 0 Å². The van der Waals surface area contributed by atoms with E-state index in [1.54, 1.807) is 17.7 Å². The molecule has 1 fully saturated rings. The molecular formula is C25H28O2. The predicted molar refractivity (Wildman–Crippen MR) is 111 cm³/mol. The van der Waals surface area contributed by atoms with E-state index >= 15 is 0 Å². The fourth-order valence-corrected chi connectivity index (χ4v) is 4.95. The number of benzene rings is 2. The van der Waals surface area contributed by atoms with Gasteiger partial charge in [0.15, 0.2) is 0 Å². The molecule has 4 rings (SSSR count). The second-order valence-corrected chi connectivity index (χ2v) is 8.45. The average molecular weight is 360 g/mol. The summed E-state index contributed by atoms with van der Waals surface area (Å²) >= 11 is 0. The number of fused-ring (bicyclic) bond motifs is 1. The molecule has 2 aromatic rings. The lowest BCUT2D eigenvalue weighted by Crippen LogP contribution is -2.16. The number of carbonyl (C=O) groups is 1. The second kappa shape index (κ2) is 7.34. The van der Waals surface area contributed by atoms with E-state index in [4.69, 9.17) is 5.11 Å².